The van der Waals surface area contributed by atoms with Gasteiger partial charge in [0.15, 0.2) is 0 Å². The molecule has 0 spiro atoms. The van der Waals surface area contributed by atoms with E-state index in [1.807, 2.05) is 0 Å². The smallest absolute Gasteiger partial charge is 0.00640 e. The van der Waals surface area contributed by atoms with Crippen LogP contribution >= 0.6 is 0 Å². The summed E-state index contributed by atoms with van der Waals surface area (Å²) < 4.78 is 0. The van der Waals surface area contributed by atoms with Crippen LogP contribution in [0.3, 0.4) is 0 Å². The molecule has 0 aromatic heterocycles. The highest BCUT2D eigenvalue weighted by molar-refractivity contribution is 4.65. The second-order valence-electron chi connectivity index (χ2n) is 6.45. The molecule has 0 saturated carbocycles. The van der Waals surface area contributed by atoms with Crippen molar-refractivity contribution in [1.82, 2.24) is 5.32 Å². The van der Waals surface area contributed by atoms with E-state index < -0.39 is 0 Å². The van der Waals surface area contributed by atoms with Crippen molar-refractivity contribution in [2.45, 2.75) is 116 Å². The minimum atomic E-state index is 0.775. The molecule has 0 aliphatic rings. The van der Waals surface area contributed by atoms with Gasteiger partial charge in [-0.15, -0.1) is 0 Å². The van der Waals surface area contributed by atoms with E-state index in [-0.39, 0.29) is 0 Å². The molecule has 0 aliphatic carbocycles. The molecule has 1 nitrogen and oxygen atoms in total. The predicted molar refractivity (Wildman–Crippen MR) is 93.5 cm³/mol. The lowest BCUT2D eigenvalue weighted by Crippen LogP contribution is -2.24. The normalized spacial score (nSPS) is 12.8. The summed E-state index contributed by atoms with van der Waals surface area (Å²) >= 11 is 0. The Labute approximate surface area is 129 Å². The minimum absolute atomic E-state index is 0.775. The molecule has 0 radical (unpaired) electrons. The molecule has 0 rings (SSSR count). The van der Waals surface area contributed by atoms with E-state index in [2.05, 4.69) is 26.2 Å². The van der Waals surface area contributed by atoms with Crippen LogP contribution in [0, 0.1) is 0 Å². The van der Waals surface area contributed by atoms with Gasteiger partial charge in [0.05, 0.1) is 0 Å². The zero-order valence-corrected chi connectivity index (χ0v) is 14.7. The fourth-order valence-corrected chi connectivity index (χ4v) is 2.95. The molecule has 0 heterocycles. The molecule has 20 heavy (non-hydrogen) atoms. The monoisotopic (exact) mass is 283 g/mol. The number of nitrogens with one attached hydrogen (secondary N) is 1. The molecular weight excluding hydrogens is 242 g/mol. The molecule has 1 heteroatoms. The lowest BCUT2D eigenvalue weighted by molar-refractivity contribution is 0.435. The number of rotatable bonds is 16. The average Bonchev–Trinajstić information content (AvgIpc) is 2.47. The number of hydrogen-bond acceptors (Lipinski definition) is 1. The molecular formula is C19H41N. The van der Waals surface area contributed by atoms with Crippen molar-refractivity contribution in [3.05, 3.63) is 0 Å². The Morgan fingerprint density at radius 3 is 1.25 bits per heavy atom. The molecule has 1 N–H and O–H groups in total. The second kappa shape index (κ2) is 17.0. The van der Waals surface area contributed by atoms with Gasteiger partial charge in [0, 0.05) is 6.04 Å². The lowest BCUT2D eigenvalue weighted by atomic mass is 10.00. The quantitative estimate of drug-likeness (QED) is 0.320. The molecule has 0 amide bonds. The predicted octanol–water partition coefficient (Wildman–Crippen LogP) is 6.47. The number of unbranched alkanes of at least 4 members (excludes halogenated alkanes) is 11. The van der Waals surface area contributed by atoms with Gasteiger partial charge in [-0.25, -0.2) is 0 Å². The summed E-state index contributed by atoms with van der Waals surface area (Å²) in [6.45, 7) is 4.58. The van der Waals surface area contributed by atoms with Gasteiger partial charge in [0.25, 0.3) is 0 Å². The molecule has 1 unspecified atom stereocenters. The summed E-state index contributed by atoms with van der Waals surface area (Å²) in [5.41, 5.74) is 0. The maximum Gasteiger partial charge on any atom is 0.00640 e. The average molecular weight is 284 g/mol. The van der Waals surface area contributed by atoms with Crippen molar-refractivity contribution in [3.63, 3.8) is 0 Å². The van der Waals surface area contributed by atoms with E-state index in [0.29, 0.717) is 0 Å². The molecule has 0 aliphatic heterocycles. The Bertz CT molecular complexity index is 167. The highest BCUT2D eigenvalue weighted by Gasteiger charge is 2.05. The van der Waals surface area contributed by atoms with E-state index in [1.54, 1.807) is 0 Å². The summed E-state index contributed by atoms with van der Waals surface area (Å²) in [6, 6.07) is 0.775. The van der Waals surface area contributed by atoms with Crippen LogP contribution in [0.2, 0.25) is 0 Å². The summed E-state index contributed by atoms with van der Waals surface area (Å²) in [4.78, 5) is 0. The fraction of sp³-hybridized carbons (Fsp3) is 1.00. The lowest BCUT2D eigenvalue weighted by Gasteiger charge is -2.15. The van der Waals surface area contributed by atoms with Gasteiger partial charge in [-0.05, 0) is 19.9 Å². The Morgan fingerprint density at radius 1 is 0.550 bits per heavy atom. The third-order valence-corrected chi connectivity index (χ3v) is 4.47. The van der Waals surface area contributed by atoms with Crippen molar-refractivity contribution >= 4 is 0 Å². The first-order chi connectivity index (χ1) is 9.85. The molecule has 0 bridgehead atoms. The molecule has 0 fully saturated rings. The maximum absolute atomic E-state index is 3.52. The van der Waals surface area contributed by atoms with Crippen LogP contribution in [-0.2, 0) is 0 Å². The largest absolute Gasteiger partial charge is 0.317 e. The van der Waals surface area contributed by atoms with Crippen molar-refractivity contribution in [2.75, 3.05) is 7.05 Å². The van der Waals surface area contributed by atoms with Crippen molar-refractivity contribution in [1.29, 1.82) is 0 Å². The molecule has 122 valence electrons. The van der Waals surface area contributed by atoms with Crippen molar-refractivity contribution in [2.24, 2.45) is 0 Å². The first kappa shape index (κ1) is 20.0. The van der Waals surface area contributed by atoms with Gasteiger partial charge in [-0.2, -0.15) is 0 Å². The van der Waals surface area contributed by atoms with Crippen LogP contribution < -0.4 is 5.32 Å². The second-order valence-corrected chi connectivity index (χ2v) is 6.45. The summed E-state index contributed by atoms with van der Waals surface area (Å²) in [6.07, 6.45) is 21.3. The van der Waals surface area contributed by atoms with Gasteiger partial charge in [0.2, 0.25) is 0 Å². The van der Waals surface area contributed by atoms with E-state index in [0.717, 1.165) is 6.04 Å². The fourth-order valence-electron chi connectivity index (χ4n) is 2.95. The Balaban J connectivity index is 3.29. The van der Waals surface area contributed by atoms with Gasteiger partial charge in [-0.1, -0.05) is 97.3 Å². The Hall–Kier alpha value is -0.0400. The number of hydrogen-bond donors (Lipinski definition) is 1. The van der Waals surface area contributed by atoms with Crippen LogP contribution in [0.4, 0.5) is 0 Å². The highest BCUT2D eigenvalue weighted by Crippen LogP contribution is 2.14. The standard InChI is InChI=1S/C19H41N/c1-4-6-8-10-12-14-16-18-19(20-3)17-15-13-11-9-7-5-2/h19-20H,4-18H2,1-3H3. The van der Waals surface area contributed by atoms with Gasteiger partial charge in [0.1, 0.15) is 0 Å². The summed E-state index contributed by atoms with van der Waals surface area (Å²) in [7, 11) is 2.14. The zero-order valence-electron chi connectivity index (χ0n) is 14.7. The van der Waals surface area contributed by atoms with E-state index in [4.69, 9.17) is 0 Å². The Kier molecular flexibility index (Phi) is 17.0. The SMILES string of the molecule is CCCCCCCCCC(CCCCCCCC)NC. The third-order valence-electron chi connectivity index (χ3n) is 4.47. The van der Waals surface area contributed by atoms with Gasteiger partial charge in [-0.3, -0.25) is 0 Å². The van der Waals surface area contributed by atoms with E-state index in [1.165, 1.54) is 96.3 Å². The molecule has 1 atom stereocenters. The first-order valence-corrected chi connectivity index (χ1v) is 9.52. The molecule has 0 aromatic rings. The maximum atomic E-state index is 3.52. The van der Waals surface area contributed by atoms with Crippen LogP contribution in [-0.4, -0.2) is 13.1 Å². The highest BCUT2D eigenvalue weighted by atomic mass is 14.9. The molecule has 0 saturated heterocycles. The summed E-state index contributed by atoms with van der Waals surface area (Å²) in [5, 5.41) is 3.52. The van der Waals surface area contributed by atoms with E-state index >= 15 is 0 Å². The molecule has 0 aromatic carbocycles. The van der Waals surface area contributed by atoms with Crippen LogP contribution in [0.1, 0.15) is 110 Å². The van der Waals surface area contributed by atoms with Crippen molar-refractivity contribution in [3.8, 4) is 0 Å². The van der Waals surface area contributed by atoms with Gasteiger partial charge >= 0.3 is 0 Å². The summed E-state index contributed by atoms with van der Waals surface area (Å²) in [5.74, 6) is 0. The Morgan fingerprint density at radius 2 is 0.900 bits per heavy atom. The zero-order chi connectivity index (χ0) is 14.9. The van der Waals surface area contributed by atoms with Crippen LogP contribution in [0.25, 0.3) is 0 Å². The minimum Gasteiger partial charge on any atom is -0.317 e. The third kappa shape index (κ3) is 14.4. The van der Waals surface area contributed by atoms with Crippen LogP contribution in [0.5, 0.6) is 0 Å². The first-order valence-electron chi connectivity index (χ1n) is 9.52. The topological polar surface area (TPSA) is 12.0 Å². The van der Waals surface area contributed by atoms with Crippen molar-refractivity contribution < 1.29 is 0 Å². The van der Waals surface area contributed by atoms with Crippen LogP contribution in [0.15, 0.2) is 0 Å². The van der Waals surface area contributed by atoms with Gasteiger partial charge < -0.3 is 5.32 Å². The van der Waals surface area contributed by atoms with E-state index in [9.17, 15) is 0 Å².